The highest BCUT2D eigenvalue weighted by molar-refractivity contribution is 7.54. The predicted octanol–water partition coefficient (Wildman–Crippen LogP) is 1.85. The van der Waals surface area contributed by atoms with Crippen LogP contribution < -0.4 is 0 Å². The van der Waals surface area contributed by atoms with Crippen LogP contribution in [0.2, 0.25) is 0 Å². The van der Waals surface area contributed by atoms with Crippen molar-refractivity contribution in [2.75, 3.05) is 26.2 Å². The van der Waals surface area contributed by atoms with Crippen molar-refractivity contribution in [3.63, 3.8) is 0 Å². The second-order valence-electron chi connectivity index (χ2n) is 5.47. The molecule has 0 saturated carbocycles. The summed E-state index contributed by atoms with van der Waals surface area (Å²) in [6.45, 7) is 5.67. The van der Waals surface area contributed by atoms with E-state index >= 15 is 0 Å². The Morgan fingerprint density at radius 2 is 2.00 bits per heavy atom. The van der Waals surface area contributed by atoms with Gasteiger partial charge in [-0.15, -0.1) is 0 Å². The van der Waals surface area contributed by atoms with Gasteiger partial charge in [-0.25, -0.2) is 18.9 Å². The van der Waals surface area contributed by atoms with Crippen molar-refractivity contribution in [2.45, 2.75) is 32.9 Å². The van der Waals surface area contributed by atoms with E-state index in [0.29, 0.717) is 12.4 Å². The molecule has 2 saturated heterocycles. The number of hydrogen-bond donors (Lipinski definition) is 0. The lowest BCUT2D eigenvalue weighted by molar-refractivity contribution is -0.392. The molecule has 0 unspecified atom stereocenters. The molecule has 0 spiro atoms. The fraction of sp³-hybridized carbons (Fsp3) is 0.750. The Balaban J connectivity index is 1.73. The minimum atomic E-state index is -2.92. The Labute approximate surface area is 128 Å². The second kappa shape index (κ2) is 6.08. The molecule has 0 amide bonds. The van der Waals surface area contributed by atoms with Gasteiger partial charge in [0, 0.05) is 26.2 Å². The van der Waals surface area contributed by atoms with Gasteiger partial charge >= 0.3 is 13.5 Å². The summed E-state index contributed by atoms with van der Waals surface area (Å²) in [7, 11) is -2.92. The minimum absolute atomic E-state index is 0.0296. The lowest BCUT2D eigenvalue weighted by Crippen LogP contribution is -2.12. The van der Waals surface area contributed by atoms with Crippen LogP contribution in [0.15, 0.2) is 6.20 Å². The van der Waals surface area contributed by atoms with E-state index < -0.39 is 12.6 Å². The number of imidazole rings is 1. The first kappa shape index (κ1) is 15.6. The number of aromatic nitrogens is 2. The number of rotatable bonds is 9. The molecule has 2 fully saturated rings. The lowest BCUT2D eigenvalue weighted by Gasteiger charge is -2.18. The second-order valence-corrected chi connectivity index (χ2v) is 7.84. The molecular formula is C12H20N5O4P. The van der Waals surface area contributed by atoms with Gasteiger partial charge < -0.3 is 10.1 Å². The van der Waals surface area contributed by atoms with Gasteiger partial charge in [-0.1, -0.05) is 13.3 Å². The Hall–Kier alpha value is -1.28. The first-order valence-corrected chi connectivity index (χ1v) is 9.03. The minimum Gasteiger partial charge on any atom is -0.358 e. The van der Waals surface area contributed by atoms with E-state index in [1.165, 1.54) is 6.20 Å². The Morgan fingerprint density at radius 1 is 1.36 bits per heavy atom. The smallest absolute Gasteiger partial charge is 0.346 e. The van der Waals surface area contributed by atoms with Crippen molar-refractivity contribution in [1.82, 2.24) is 18.9 Å². The third-order valence-electron chi connectivity index (χ3n) is 3.76. The molecule has 2 aliphatic rings. The predicted molar refractivity (Wildman–Crippen MR) is 79.3 cm³/mol. The average Bonchev–Trinajstić information content (AvgIpc) is 3.36. The van der Waals surface area contributed by atoms with Gasteiger partial charge in [-0.3, -0.25) is 9.09 Å². The summed E-state index contributed by atoms with van der Waals surface area (Å²) in [5.41, 5.74) is 0. The standard InChI is InChI=1S/C12H20N5O4P/c1-2-3-4-16-11(13-9-12(16)17(18)19)10-21-22(20,14-5-6-14)15-7-8-15/h9H,2-8,10H2,1H3. The molecule has 3 heterocycles. The van der Waals surface area contributed by atoms with E-state index in [2.05, 4.69) is 4.98 Å². The summed E-state index contributed by atoms with van der Waals surface area (Å²) in [6, 6.07) is 0. The third kappa shape index (κ3) is 3.08. The molecule has 122 valence electrons. The fourth-order valence-electron chi connectivity index (χ4n) is 2.30. The van der Waals surface area contributed by atoms with Crippen LogP contribution in [0, 0.1) is 10.1 Å². The topological polar surface area (TPSA) is 93.3 Å². The molecule has 0 atom stereocenters. The van der Waals surface area contributed by atoms with Gasteiger partial charge in [0.25, 0.3) is 0 Å². The first-order valence-electron chi connectivity index (χ1n) is 7.50. The molecule has 0 bridgehead atoms. The van der Waals surface area contributed by atoms with Crippen molar-refractivity contribution >= 4 is 13.5 Å². The third-order valence-corrected chi connectivity index (χ3v) is 6.46. The summed E-state index contributed by atoms with van der Waals surface area (Å²) < 4.78 is 23.7. The SMILES string of the molecule is CCCCn1c([N+](=O)[O-])cnc1COP(=O)(N1CC1)N1CC1. The zero-order chi connectivity index (χ0) is 15.7. The zero-order valence-electron chi connectivity index (χ0n) is 12.6. The van der Waals surface area contributed by atoms with Crippen LogP contribution in [-0.4, -0.2) is 50.0 Å². The quantitative estimate of drug-likeness (QED) is 0.295. The van der Waals surface area contributed by atoms with Crippen molar-refractivity contribution in [3.05, 3.63) is 22.1 Å². The van der Waals surface area contributed by atoms with E-state index in [0.717, 1.165) is 39.0 Å². The maximum Gasteiger partial charge on any atom is 0.346 e. The van der Waals surface area contributed by atoms with Crippen LogP contribution in [0.3, 0.4) is 0 Å². The van der Waals surface area contributed by atoms with Gasteiger partial charge in [0.15, 0.2) is 0 Å². The van der Waals surface area contributed by atoms with Gasteiger partial charge in [-0.2, -0.15) is 0 Å². The molecule has 1 aromatic rings. The summed E-state index contributed by atoms with van der Waals surface area (Å²) in [6.07, 6.45) is 2.99. The summed E-state index contributed by atoms with van der Waals surface area (Å²) >= 11 is 0. The molecule has 1 aromatic heterocycles. The van der Waals surface area contributed by atoms with Gasteiger partial charge in [0.05, 0.1) is 6.54 Å². The van der Waals surface area contributed by atoms with E-state index in [9.17, 15) is 14.7 Å². The van der Waals surface area contributed by atoms with Gasteiger partial charge in [0.2, 0.25) is 5.82 Å². The molecule has 0 aromatic carbocycles. The van der Waals surface area contributed by atoms with Crippen LogP contribution in [0.25, 0.3) is 0 Å². The molecule has 2 aliphatic heterocycles. The highest BCUT2D eigenvalue weighted by atomic mass is 31.2. The molecule has 10 heteroatoms. The molecule has 0 aliphatic carbocycles. The molecule has 9 nitrogen and oxygen atoms in total. The highest BCUT2D eigenvalue weighted by Crippen LogP contribution is 2.61. The molecule has 0 N–H and O–H groups in total. The first-order chi connectivity index (χ1) is 10.6. The maximum absolute atomic E-state index is 12.8. The largest absolute Gasteiger partial charge is 0.358 e. The monoisotopic (exact) mass is 329 g/mol. The Kier molecular flexibility index (Phi) is 4.31. The fourth-order valence-corrected chi connectivity index (χ4v) is 4.46. The Bertz CT molecular complexity index is 595. The molecule has 0 radical (unpaired) electrons. The molecule has 22 heavy (non-hydrogen) atoms. The number of nitro groups is 1. The van der Waals surface area contributed by atoms with Gasteiger partial charge in [-0.05, 0) is 11.3 Å². The number of hydrogen-bond acceptors (Lipinski definition) is 5. The summed E-state index contributed by atoms with van der Waals surface area (Å²) in [5.74, 6) is 0.421. The van der Waals surface area contributed by atoms with Crippen LogP contribution >= 0.6 is 7.67 Å². The van der Waals surface area contributed by atoms with E-state index in [1.54, 1.807) is 4.57 Å². The summed E-state index contributed by atoms with van der Waals surface area (Å²) in [4.78, 5) is 14.7. The van der Waals surface area contributed by atoms with Crippen molar-refractivity contribution in [3.8, 4) is 0 Å². The van der Waals surface area contributed by atoms with E-state index in [1.807, 2.05) is 16.3 Å². The number of unbranched alkanes of at least 4 members (excludes halogenated alkanes) is 1. The van der Waals surface area contributed by atoms with Crippen LogP contribution in [0.4, 0.5) is 5.82 Å². The molecular weight excluding hydrogens is 309 g/mol. The van der Waals surface area contributed by atoms with E-state index in [-0.39, 0.29) is 12.4 Å². The van der Waals surface area contributed by atoms with Crippen molar-refractivity contribution < 1.29 is 14.0 Å². The lowest BCUT2D eigenvalue weighted by atomic mass is 10.3. The number of nitrogens with zero attached hydrogens (tertiary/aromatic N) is 5. The van der Waals surface area contributed by atoms with Crippen LogP contribution in [0.5, 0.6) is 0 Å². The van der Waals surface area contributed by atoms with Gasteiger partial charge in [0.1, 0.15) is 12.8 Å². The highest BCUT2D eigenvalue weighted by Gasteiger charge is 2.49. The molecule has 3 rings (SSSR count). The van der Waals surface area contributed by atoms with E-state index in [4.69, 9.17) is 4.52 Å². The van der Waals surface area contributed by atoms with Crippen molar-refractivity contribution in [2.24, 2.45) is 0 Å². The zero-order valence-corrected chi connectivity index (χ0v) is 13.4. The normalized spacial score (nSPS) is 18.6. The van der Waals surface area contributed by atoms with Crippen LogP contribution in [-0.2, 0) is 22.2 Å². The summed E-state index contributed by atoms with van der Waals surface area (Å²) in [5, 5.41) is 11.1. The van der Waals surface area contributed by atoms with Crippen LogP contribution in [0.1, 0.15) is 25.6 Å². The Morgan fingerprint density at radius 3 is 2.50 bits per heavy atom. The average molecular weight is 329 g/mol. The maximum atomic E-state index is 12.8. The van der Waals surface area contributed by atoms with Crippen molar-refractivity contribution in [1.29, 1.82) is 0 Å².